The first-order chi connectivity index (χ1) is 13.8. The van der Waals surface area contributed by atoms with Crippen LogP contribution in [-0.4, -0.2) is 47.1 Å². The molecule has 0 bridgehead atoms. The number of likely N-dealkylation sites (tertiary alicyclic amines) is 1. The Kier molecular flexibility index (Phi) is 6.55. The van der Waals surface area contributed by atoms with Crippen molar-refractivity contribution < 1.29 is 0 Å². The predicted molar refractivity (Wildman–Crippen MR) is 114 cm³/mol. The van der Waals surface area contributed by atoms with Gasteiger partial charge < -0.3 is 10.6 Å². The van der Waals surface area contributed by atoms with Gasteiger partial charge in [0.05, 0.1) is 5.69 Å². The van der Waals surface area contributed by atoms with E-state index in [0.717, 1.165) is 57.8 Å². The molecular formula is C23H33N5. The molecule has 0 saturated carbocycles. The number of anilines is 1. The van der Waals surface area contributed by atoms with Gasteiger partial charge in [-0.3, -0.25) is 9.88 Å². The van der Waals surface area contributed by atoms with Crippen molar-refractivity contribution in [3.63, 3.8) is 0 Å². The molecule has 2 aromatic heterocycles. The summed E-state index contributed by atoms with van der Waals surface area (Å²) in [5, 5.41) is 7.24. The minimum absolute atomic E-state index is 0.623. The van der Waals surface area contributed by atoms with Crippen molar-refractivity contribution in [1.29, 1.82) is 0 Å². The van der Waals surface area contributed by atoms with Gasteiger partial charge in [0, 0.05) is 44.1 Å². The summed E-state index contributed by atoms with van der Waals surface area (Å²) in [7, 11) is 0. The molecule has 0 radical (unpaired) electrons. The molecule has 28 heavy (non-hydrogen) atoms. The van der Waals surface area contributed by atoms with Gasteiger partial charge in [-0.25, -0.2) is 4.98 Å². The molecule has 0 spiro atoms. The average Bonchev–Trinajstić information content (AvgIpc) is 2.73. The lowest BCUT2D eigenvalue weighted by molar-refractivity contribution is 0.139. The van der Waals surface area contributed by atoms with E-state index in [2.05, 4.69) is 51.7 Å². The second kappa shape index (κ2) is 9.48. The van der Waals surface area contributed by atoms with Gasteiger partial charge in [0.1, 0.15) is 5.82 Å². The predicted octanol–water partition coefficient (Wildman–Crippen LogP) is 3.27. The molecule has 5 heteroatoms. The minimum Gasteiger partial charge on any atom is -0.370 e. The number of hydrogen-bond acceptors (Lipinski definition) is 5. The number of hydrogen-bond donors (Lipinski definition) is 2. The number of nitrogens with zero attached hydrogens (tertiary/aromatic N) is 3. The Morgan fingerprint density at radius 2 is 2.18 bits per heavy atom. The zero-order valence-electron chi connectivity index (χ0n) is 17.0. The van der Waals surface area contributed by atoms with Crippen molar-refractivity contribution in [3.8, 4) is 0 Å². The Labute approximate surface area is 169 Å². The highest BCUT2D eigenvalue weighted by atomic mass is 15.2. The second-order valence-corrected chi connectivity index (χ2v) is 8.33. The molecule has 0 aliphatic carbocycles. The van der Waals surface area contributed by atoms with Gasteiger partial charge in [0.2, 0.25) is 0 Å². The van der Waals surface area contributed by atoms with Crippen LogP contribution in [0.5, 0.6) is 0 Å². The molecule has 2 N–H and O–H groups in total. The number of pyridine rings is 2. The highest BCUT2D eigenvalue weighted by Crippen LogP contribution is 2.21. The van der Waals surface area contributed by atoms with Gasteiger partial charge >= 0.3 is 0 Å². The summed E-state index contributed by atoms with van der Waals surface area (Å²) in [6, 6.07) is 11.3. The summed E-state index contributed by atoms with van der Waals surface area (Å²) in [5.74, 6) is 1.79. The van der Waals surface area contributed by atoms with Gasteiger partial charge in [-0.15, -0.1) is 0 Å². The third-order valence-electron chi connectivity index (χ3n) is 6.07. The molecule has 150 valence electrons. The maximum atomic E-state index is 4.81. The number of piperidine rings is 1. The Morgan fingerprint density at radius 3 is 3.04 bits per heavy atom. The number of aromatic nitrogens is 2. The quantitative estimate of drug-likeness (QED) is 0.723. The molecule has 1 fully saturated rings. The lowest BCUT2D eigenvalue weighted by Crippen LogP contribution is -2.48. The van der Waals surface area contributed by atoms with Gasteiger partial charge in [0.25, 0.3) is 0 Å². The van der Waals surface area contributed by atoms with Crippen molar-refractivity contribution in [1.82, 2.24) is 20.2 Å². The van der Waals surface area contributed by atoms with Crippen LogP contribution in [0.1, 0.15) is 43.1 Å². The Hall–Kier alpha value is -1.98. The van der Waals surface area contributed by atoms with E-state index in [4.69, 9.17) is 4.98 Å². The van der Waals surface area contributed by atoms with Crippen LogP contribution >= 0.6 is 0 Å². The lowest BCUT2D eigenvalue weighted by Gasteiger charge is -2.37. The normalized spacial score (nSPS) is 22.5. The zero-order valence-corrected chi connectivity index (χ0v) is 17.0. The molecule has 2 aliphatic rings. The van der Waals surface area contributed by atoms with Gasteiger partial charge in [-0.1, -0.05) is 19.1 Å². The van der Waals surface area contributed by atoms with E-state index in [-0.39, 0.29) is 0 Å². The molecule has 4 rings (SSSR count). The smallest absolute Gasteiger partial charge is 0.129 e. The van der Waals surface area contributed by atoms with E-state index in [9.17, 15) is 0 Å². The molecule has 2 atom stereocenters. The van der Waals surface area contributed by atoms with Crippen molar-refractivity contribution in [2.24, 2.45) is 5.92 Å². The van der Waals surface area contributed by atoms with E-state index in [1.54, 1.807) is 0 Å². The SMILES string of the molecule is CC1CN(Cc2ccccn2)CCC1NCCCc1ccc2c(n1)NCCC2. The summed E-state index contributed by atoms with van der Waals surface area (Å²) < 4.78 is 0. The summed E-state index contributed by atoms with van der Waals surface area (Å²) in [5.41, 5.74) is 3.76. The van der Waals surface area contributed by atoms with Crippen LogP contribution in [0.4, 0.5) is 5.82 Å². The Morgan fingerprint density at radius 1 is 1.21 bits per heavy atom. The lowest BCUT2D eigenvalue weighted by atomic mass is 9.93. The average molecular weight is 380 g/mol. The number of nitrogens with one attached hydrogen (secondary N) is 2. The minimum atomic E-state index is 0.623. The summed E-state index contributed by atoms with van der Waals surface area (Å²) in [6.07, 6.45) is 7.68. The fourth-order valence-electron chi connectivity index (χ4n) is 4.46. The third kappa shape index (κ3) is 5.09. The van der Waals surface area contributed by atoms with Crippen LogP contribution in [0.3, 0.4) is 0 Å². The van der Waals surface area contributed by atoms with Crippen LogP contribution in [0.2, 0.25) is 0 Å². The first kappa shape index (κ1) is 19.3. The van der Waals surface area contributed by atoms with Gasteiger partial charge in [-0.05, 0) is 68.3 Å². The highest BCUT2D eigenvalue weighted by molar-refractivity contribution is 5.46. The van der Waals surface area contributed by atoms with Crippen LogP contribution in [-0.2, 0) is 19.4 Å². The maximum Gasteiger partial charge on any atom is 0.129 e. The fourth-order valence-corrected chi connectivity index (χ4v) is 4.46. The second-order valence-electron chi connectivity index (χ2n) is 8.33. The van der Waals surface area contributed by atoms with Gasteiger partial charge in [-0.2, -0.15) is 0 Å². The third-order valence-corrected chi connectivity index (χ3v) is 6.07. The fraction of sp³-hybridized carbons (Fsp3) is 0.565. The molecule has 0 aromatic carbocycles. The summed E-state index contributed by atoms with van der Waals surface area (Å²) in [4.78, 5) is 11.8. The summed E-state index contributed by atoms with van der Waals surface area (Å²) in [6.45, 7) is 7.77. The largest absolute Gasteiger partial charge is 0.370 e. The Bertz CT molecular complexity index is 748. The molecule has 2 aromatic rings. The molecule has 4 heterocycles. The Balaban J connectivity index is 1.18. The first-order valence-electron chi connectivity index (χ1n) is 10.9. The number of rotatable bonds is 7. The highest BCUT2D eigenvalue weighted by Gasteiger charge is 2.25. The standard InChI is InChI=1S/C23H33N5/c1-18-16-28(17-21-7-2-3-12-24-21)15-11-22(18)25-13-5-8-20-10-9-19-6-4-14-26-23(19)27-20/h2-3,7,9-10,12,18,22,25H,4-6,8,11,13-17H2,1H3,(H,26,27). The molecule has 2 aliphatic heterocycles. The van der Waals surface area contributed by atoms with Crippen LogP contribution in [0, 0.1) is 5.92 Å². The van der Waals surface area contributed by atoms with Crippen molar-refractivity contribution in [3.05, 3.63) is 53.5 Å². The van der Waals surface area contributed by atoms with Crippen molar-refractivity contribution >= 4 is 5.82 Å². The summed E-state index contributed by atoms with van der Waals surface area (Å²) >= 11 is 0. The van der Waals surface area contributed by atoms with Crippen LogP contribution in [0.25, 0.3) is 0 Å². The number of aryl methyl sites for hydroxylation is 2. The van der Waals surface area contributed by atoms with E-state index in [0.29, 0.717) is 12.0 Å². The maximum absolute atomic E-state index is 4.81. The first-order valence-corrected chi connectivity index (χ1v) is 10.9. The topological polar surface area (TPSA) is 53.1 Å². The van der Waals surface area contributed by atoms with Crippen molar-refractivity contribution in [2.75, 3.05) is 31.5 Å². The molecule has 0 amide bonds. The van der Waals surface area contributed by atoms with E-state index >= 15 is 0 Å². The zero-order chi connectivity index (χ0) is 19.2. The van der Waals surface area contributed by atoms with Gasteiger partial charge in [0.15, 0.2) is 0 Å². The van der Waals surface area contributed by atoms with Crippen molar-refractivity contribution in [2.45, 2.75) is 51.6 Å². The van der Waals surface area contributed by atoms with E-state index < -0.39 is 0 Å². The molecule has 5 nitrogen and oxygen atoms in total. The van der Waals surface area contributed by atoms with Crippen LogP contribution in [0.15, 0.2) is 36.5 Å². The molecular weight excluding hydrogens is 346 g/mol. The van der Waals surface area contributed by atoms with E-state index in [1.807, 2.05) is 12.3 Å². The molecule has 2 unspecified atom stereocenters. The molecule has 1 saturated heterocycles. The van der Waals surface area contributed by atoms with Crippen LogP contribution < -0.4 is 10.6 Å². The van der Waals surface area contributed by atoms with E-state index in [1.165, 1.54) is 29.8 Å². The monoisotopic (exact) mass is 379 g/mol. The number of fused-ring (bicyclic) bond motifs is 1.